The smallest absolute Gasteiger partial charge is 0.269 e. The fourth-order valence-corrected chi connectivity index (χ4v) is 5.50. The molecule has 0 N–H and O–H groups in total. The summed E-state index contributed by atoms with van der Waals surface area (Å²) in [6, 6.07) is 6.56. The summed E-state index contributed by atoms with van der Waals surface area (Å²) in [5.41, 5.74) is 1.04. The van der Waals surface area contributed by atoms with Gasteiger partial charge in [-0.1, -0.05) is 12.1 Å². The monoisotopic (exact) mass is 397 g/mol. The van der Waals surface area contributed by atoms with E-state index in [0.717, 1.165) is 51.4 Å². The molecule has 1 atom stereocenters. The molecule has 8 nitrogen and oxygen atoms in total. The summed E-state index contributed by atoms with van der Waals surface area (Å²) in [7, 11) is -2.95. The van der Waals surface area contributed by atoms with Gasteiger partial charge in [-0.05, 0) is 24.9 Å². The van der Waals surface area contributed by atoms with Gasteiger partial charge in [-0.15, -0.1) is 0 Å². The number of morpholine rings is 1. The molecule has 3 rings (SSSR count). The SMILES string of the molecule is O=[N+]([O-])c1ccc(CN(CCCN2CCOCC2)[C@H]2CCS(=O)(=O)C2)cc1. The molecule has 2 heterocycles. The van der Waals surface area contributed by atoms with Crippen LogP contribution in [0.4, 0.5) is 5.69 Å². The van der Waals surface area contributed by atoms with E-state index in [9.17, 15) is 18.5 Å². The zero-order chi connectivity index (χ0) is 19.3. The third-order valence-corrected chi connectivity index (χ3v) is 7.03. The van der Waals surface area contributed by atoms with Gasteiger partial charge in [0.15, 0.2) is 9.84 Å². The number of benzene rings is 1. The molecule has 9 heteroatoms. The van der Waals surface area contributed by atoms with Crippen LogP contribution in [0.15, 0.2) is 24.3 Å². The van der Waals surface area contributed by atoms with Crippen molar-refractivity contribution in [1.29, 1.82) is 0 Å². The average Bonchev–Trinajstić information content (AvgIpc) is 3.02. The number of nitro groups is 1. The molecule has 0 aromatic heterocycles. The van der Waals surface area contributed by atoms with E-state index in [0.29, 0.717) is 13.0 Å². The molecular weight excluding hydrogens is 370 g/mol. The molecule has 0 bridgehead atoms. The minimum atomic E-state index is -2.95. The molecule has 0 radical (unpaired) electrons. The summed E-state index contributed by atoms with van der Waals surface area (Å²) in [5.74, 6) is 0.454. The van der Waals surface area contributed by atoms with Crippen LogP contribution in [0.25, 0.3) is 0 Å². The minimum absolute atomic E-state index is 0.0230. The number of hydrogen-bond donors (Lipinski definition) is 0. The van der Waals surface area contributed by atoms with Crippen molar-refractivity contribution in [2.75, 3.05) is 50.9 Å². The van der Waals surface area contributed by atoms with E-state index >= 15 is 0 Å². The van der Waals surface area contributed by atoms with Crippen molar-refractivity contribution in [2.24, 2.45) is 0 Å². The quantitative estimate of drug-likeness (QED) is 0.482. The van der Waals surface area contributed by atoms with Gasteiger partial charge in [-0.2, -0.15) is 0 Å². The Morgan fingerprint density at radius 3 is 2.52 bits per heavy atom. The third kappa shape index (κ3) is 5.97. The van der Waals surface area contributed by atoms with Gasteiger partial charge in [0.25, 0.3) is 5.69 Å². The third-order valence-electron chi connectivity index (χ3n) is 5.28. The lowest BCUT2D eigenvalue weighted by atomic mass is 10.1. The van der Waals surface area contributed by atoms with Gasteiger partial charge in [0.2, 0.25) is 0 Å². The fraction of sp³-hybridized carbons (Fsp3) is 0.667. The maximum Gasteiger partial charge on any atom is 0.269 e. The molecule has 0 amide bonds. The molecule has 2 aliphatic heterocycles. The van der Waals surface area contributed by atoms with Gasteiger partial charge in [-0.25, -0.2) is 8.42 Å². The van der Waals surface area contributed by atoms with Crippen molar-refractivity contribution in [3.63, 3.8) is 0 Å². The lowest BCUT2D eigenvalue weighted by Crippen LogP contribution is -2.40. The molecule has 2 fully saturated rings. The minimum Gasteiger partial charge on any atom is -0.379 e. The number of nitro benzene ring substituents is 1. The van der Waals surface area contributed by atoms with E-state index in [-0.39, 0.29) is 23.2 Å². The van der Waals surface area contributed by atoms with Crippen LogP contribution in [0.5, 0.6) is 0 Å². The largest absolute Gasteiger partial charge is 0.379 e. The fourth-order valence-electron chi connectivity index (χ4n) is 3.73. The first-order valence-electron chi connectivity index (χ1n) is 9.41. The van der Waals surface area contributed by atoms with Crippen molar-refractivity contribution in [2.45, 2.75) is 25.4 Å². The molecule has 0 spiro atoms. The van der Waals surface area contributed by atoms with Crippen LogP contribution in [-0.4, -0.2) is 80.1 Å². The lowest BCUT2D eigenvalue weighted by Gasteiger charge is -2.31. The normalized spacial score (nSPS) is 22.9. The Hall–Kier alpha value is -1.55. The van der Waals surface area contributed by atoms with Crippen molar-refractivity contribution in [3.05, 3.63) is 39.9 Å². The second kappa shape index (κ2) is 9.09. The van der Waals surface area contributed by atoms with Crippen LogP contribution < -0.4 is 0 Å². The molecule has 2 saturated heterocycles. The van der Waals surface area contributed by atoms with Crippen molar-refractivity contribution in [1.82, 2.24) is 9.80 Å². The predicted molar refractivity (Wildman–Crippen MR) is 102 cm³/mol. The number of ether oxygens (including phenoxy) is 1. The summed E-state index contributed by atoms with van der Waals surface area (Å²) >= 11 is 0. The summed E-state index contributed by atoms with van der Waals surface area (Å²) in [4.78, 5) is 15.0. The molecule has 150 valence electrons. The highest BCUT2D eigenvalue weighted by molar-refractivity contribution is 7.91. The first-order chi connectivity index (χ1) is 12.9. The Bertz CT molecular complexity index is 732. The zero-order valence-corrected chi connectivity index (χ0v) is 16.3. The molecule has 1 aromatic rings. The highest BCUT2D eigenvalue weighted by Gasteiger charge is 2.32. The maximum atomic E-state index is 11.9. The second-order valence-corrected chi connectivity index (χ2v) is 9.49. The highest BCUT2D eigenvalue weighted by Crippen LogP contribution is 2.21. The second-order valence-electron chi connectivity index (χ2n) is 7.26. The molecular formula is C18H27N3O5S. The Balaban J connectivity index is 1.61. The van der Waals surface area contributed by atoms with Gasteiger partial charge in [0.05, 0.1) is 29.6 Å². The standard InChI is InChI=1S/C18H27N3O5S/c22-21(23)17-4-2-16(3-5-17)14-20(18-6-13-27(24,25)15-18)8-1-7-19-9-11-26-12-10-19/h2-5,18H,1,6-15H2/t18-/m0/s1. The van der Waals surface area contributed by atoms with Crippen LogP contribution in [0.3, 0.4) is 0 Å². The van der Waals surface area contributed by atoms with Crippen molar-refractivity contribution in [3.8, 4) is 0 Å². The Morgan fingerprint density at radius 2 is 1.93 bits per heavy atom. The van der Waals surface area contributed by atoms with Crippen molar-refractivity contribution < 1.29 is 18.1 Å². The summed E-state index contributed by atoms with van der Waals surface area (Å²) < 4.78 is 29.2. The number of sulfone groups is 1. The Labute approximate surface area is 160 Å². The van der Waals surface area contributed by atoms with E-state index in [4.69, 9.17) is 4.74 Å². The van der Waals surface area contributed by atoms with E-state index in [1.807, 2.05) is 0 Å². The van der Waals surface area contributed by atoms with Crippen LogP contribution in [0.2, 0.25) is 0 Å². The first-order valence-corrected chi connectivity index (χ1v) is 11.2. The van der Waals surface area contributed by atoms with Crippen LogP contribution >= 0.6 is 0 Å². The molecule has 1 aromatic carbocycles. The number of rotatable bonds is 8. The highest BCUT2D eigenvalue weighted by atomic mass is 32.2. The number of non-ortho nitro benzene ring substituents is 1. The van der Waals surface area contributed by atoms with E-state index in [2.05, 4.69) is 9.80 Å². The molecule has 27 heavy (non-hydrogen) atoms. The van der Waals surface area contributed by atoms with Gasteiger partial charge < -0.3 is 4.74 Å². The summed E-state index contributed by atoms with van der Waals surface area (Å²) in [6.45, 7) is 5.83. The van der Waals surface area contributed by atoms with Gasteiger partial charge in [-0.3, -0.25) is 19.9 Å². The van der Waals surface area contributed by atoms with E-state index < -0.39 is 14.8 Å². The van der Waals surface area contributed by atoms with Gasteiger partial charge in [0.1, 0.15) is 0 Å². The lowest BCUT2D eigenvalue weighted by molar-refractivity contribution is -0.384. The summed E-state index contributed by atoms with van der Waals surface area (Å²) in [6.07, 6.45) is 1.62. The van der Waals surface area contributed by atoms with E-state index in [1.54, 1.807) is 12.1 Å². The van der Waals surface area contributed by atoms with Crippen LogP contribution in [0.1, 0.15) is 18.4 Å². The Morgan fingerprint density at radius 1 is 1.22 bits per heavy atom. The number of nitrogens with zero attached hydrogens (tertiary/aromatic N) is 3. The van der Waals surface area contributed by atoms with Crippen LogP contribution in [-0.2, 0) is 21.1 Å². The maximum absolute atomic E-state index is 11.9. The predicted octanol–water partition coefficient (Wildman–Crippen LogP) is 1.31. The van der Waals surface area contributed by atoms with E-state index in [1.165, 1.54) is 12.1 Å². The first kappa shape index (κ1) is 20.2. The zero-order valence-electron chi connectivity index (χ0n) is 15.5. The summed E-state index contributed by atoms with van der Waals surface area (Å²) in [5, 5.41) is 10.8. The molecule has 2 aliphatic rings. The molecule has 0 aliphatic carbocycles. The topological polar surface area (TPSA) is 93.0 Å². The number of hydrogen-bond acceptors (Lipinski definition) is 7. The van der Waals surface area contributed by atoms with Crippen molar-refractivity contribution >= 4 is 15.5 Å². The molecule has 0 unspecified atom stereocenters. The van der Waals surface area contributed by atoms with Crippen LogP contribution in [0, 0.1) is 10.1 Å². The Kier molecular flexibility index (Phi) is 6.80. The van der Waals surface area contributed by atoms with Gasteiger partial charge in [0, 0.05) is 44.4 Å². The van der Waals surface area contributed by atoms with Gasteiger partial charge >= 0.3 is 0 Å². The average molecular weight is 397 g/mol. The molecule has 0 saturated carbocycles.